The van der Waals surface area contributed by atoms with Crippen LogP contribution in [-0.4, -0.2) is 29.0 Å². The van der Waals surface area contributed by atoms with Crippen molar-refractivity contribution in [1.82, 2.24) is 15.6 Å². The maximum Gasteiger partial charge on any atom is 0.292 e. The van der Waals surface area contributed by atoms with Crippen LogP contribution in [0.1, 0.15) is 28.9 Å². The van der Waals surface area contributed by atoms with Crippen LogP contribution in [0.4, 0.5) is 0 Å². The molecular weight excluding hydrogens is 310 g/mol. The van der Waals surface area contributed by atoms with E-state index < -0.39 is 0 Å². The zero-order chi connectivity index (χ0) is 14.4. The fourth-order valence-electron chi connectivity index (χ4n) is 3.18. The number of halogens is 1. The van der Waals surface area contributed by atoms with E-state index >= 15 is 0 Å². The quantitative estimate of drug-likeness (QED) is 0.911. The number of oxazole rings is 1. The molecule has 2 N–H and O–H groups in total. The van der Waals surface area contributed by atoms with E-state index in [9.17, 15) is 4.79 Å². The van der Waals surface area contributed by atoms with Gasteiger partial charge in [0.2, 0.25) is 0 Å². The molecule has 3 atom stereocenters. The summed E-state index contributed by atoms with van der Waals surface area (Å²) in [5, 5.41) is 6.76. The van der Waals surface area contributed by atoms with Gasteiger partial charge < -0.3 is 15.1 Å². The Kier molecular flexibility index (Phi) is 3.24. The van der Waals surface area contributed by atoms with E-state index in [1.165, 1.54) is 17.8 Å². The monoisotopic (exact) mass is 323 g/mol. The van der Waals surface area contributed by atoms with Crippen LogP contribution in [0.15, 0.2) is 22.7 Å². The first-order valence-corrected chi connectivity index (χ1v) is 8.17. The van der Waals surface area contributed by atoms with Crippen LogP contribution in [0.5, 0.6) is 0 Å². The molecule has 0 aliphatic carbocycles. The van der Waals surface area contributed by atoms with Gasteiger partial charge in [-0.3, -0.25) is 4.79 Å². The number of fused-ring (bicyclic) bond motifs is 2. The molecule has 2 aliphatic heterocycles. The SMILES string of the molecule is O=C(NC1CC2CCC1N2)c1ccc(-c2cnc(Cl)o2)s1. The standard InChI is InChI=1S/C14H14ClN3O2S/c15-14-16-6-10(20-14)11-3-4-12(21-11)13(19)18-9-5-7-1-2-8(9)17-7/h3-4,6-9,17H,1-2,5H2,(H,18,19). The van der Waals surface area contributed by atoms with E-state index in [1.807, 2.05) is 12.1 Å². The van der Waals surface area contributed by atoms with Crippen molar-refractivity contribution < 1.29 is 9.21 Å². The molecule has 0 aromatic carbocycles. The van der Waals surface area contributed by atoms with Gasteiger partial charge in [0.25, 0.3) is 11.3 Å². The minimum absolute atomic E-state index is 0.0174. The Morgan fingerprint density at radius 1 is 1.48 bits per heavy atom. The summed E-state index contributed by atoms with van der Waals surface area (Å²) >= 11 is 7.06. The van der Waals surface area contributed by atoms with Crippen LogP contribution in [0.25, 0.3) is 10.6 Å². The summed E-state index contributed by atoms with van der Waals surface area (Å²) in [5.41, 5.74) is 0. The van der Waals surface area contributed by atoms with Crippen LogP contribution >= 0.6 is 22.9 Å². The minimum atomic E-state index is -0.0174. The fraction of sp³-hybridized carbons (Fsp3) is 0.429. The van der Waals surface area contributed by atoms with Gasteiger partial charge in [0.15, 0.2) is 5.76 Å². The van der Waals surface area contributed by atoms with Crippen molar-refractivity contribution in [2.75, 3.05) is 0 Å². The van der Waals surface area contributed by atoms with E-state index in [0.29, 0.717) is 22.7 Å². The second kappa shape index (κ2) is 5.12. The highest BCUT2D eigenvalue weighted by molar-refractivity contribution is 7.17. The number of hydrogen-bond donors (Lipinski definition) is 2. The molecule has 21 heavy (non-hydrogen) atoms. The minimum Gasteiger partial charge on any atom is -0.427 e. The predicted octanol–water partition coefficient (Wildman–Crippen LogP) is 2.68. The van der Waals surface area contributed by atoms with Gasteiger partial charge in [-0.15, -0.1) is 11.3 Å². The largest absolute Gasteiger partial charge is 0.427 e. The number of thiophene rings is 1. The summed E-state index contributed by atoms with van der Waals surface area (Å²) in [4.78, 5) is 17.7. The van der Waals surface area contributed by atoms with Gasteiger partial charge in [0, 0.05) is 18.1 Å². The molecule has 2 aromatic rings. The molecule has 2 bridgehead atoms. The van der Waals surface area contributed by atoms with Crippen molar-refractivity contribution in [2.45, 2.75) is 37.4 Å². The third kappa shape index (κ3) is 2.47. The fourth-order valence-corrected chi connectivity index (χ4v) is 4.17. The van der Waals surface area contributed by atoms with Crippen LogP contribution < -0.4 is 10.6 Å². The van der Waals surface area contributed by atoms with E-state index in [4.69, 9.17) is 16.0 Å². The third-order valence-corrected chi connectivity index (χ3v) is 5.44. The zero-order valence-corrected chi connectivity index (χ0v) is 12.7. The smallest absolute Gasteiger partial charge is 0.292 e. The Balaban J connectivity index is 1.46. The van der Waals surface area contributed by atoms with E-state index in [1.54, 1.807) is 6.20 Å². The molecule has 1 amide bonds. The predicted molar refractivity (Wildman–Crippen MR) is 80.6 cm³/mol. The third-order valence-electron chi connectivity index (χ3n) is 4.17. The summed E-state index contributed by atoms with van der Waals surface area (Å²) in [6.45, 7) is 0. The summed E-state index contributed by atoms with van der Waals surface area (Å²) in [7, 11) is 0. The van der Waals surface area contributed by atoms with Crippen molar-refractivity contribution in [3.63, 3.8) is 0 Å². The molecule has 0 spiro atoms. The molecule has 0 saturated carbocycles. The topological polar surface area (TPSA) is 67.2 Å². The Hall–Kier alpha value is -1.37. The number of carbonyl (C=O) groups is 1. The number of carbonyl (C=O) groups excluding carboxylic acids is 1. The van der Waals surface area contributed by atoms with Crippen LogP contribution in [0, 0.1) is 0 Å². The zero-order valence-electron chi connectivity index (χ0n) is 11.1. The Bertz CT molecular complexity index is 683. The highest BCUT2D eigenvalue weighted by Crippen LogP contribution is 2.31. The first-order chi connectivity index (χ1) is 10.2. The normalized spacial score (nSPS) is 27.2. The van der Waals surface area contributed by atoms with Gasteiger partial charge in [0.1, 0.15) is 0 Å². The van der Waals surface area contributed by atoms with E-state index in [0.717, 1.165) is 17.7 Å². The Morgan fingerprint density at radius 2 is 2.38 bits per heavy atom. The number of amides is 1. The lowest BCUT2D eigenvalue weighted by Gasteiger charge is -2.20. The molecule has 2 saturated heterocycles. The highest BCUT2D eigenvalue weighted by atomic mass is 35.5. The molecule has 2 aliphatic rings. The molecule has 110 valence electrons. The lowest BCUT2D eigenvalue weighted by Crippen LogP contribution is -2.42. The van der Waals surface area contributed by atoms with Crippen LogP contribution in [-0.2, 0) is 0 Å². The maximum absolute atomic E-state index is 12.3. The van der Waals surface area contributed by atoms with Crippen molar-refractivity contribution >= 4 is 28.8 Å². The lowest BCUT2D eigenvalue weighted by molar-refractivity contribution is 0.0935. The molecule has 3 unspecified atom stereocenters. The van der Waals surface area contributed by atoms with Crippen LogP contribution in [0.2, 0.25) is 5.35 Å². The number of aromatic nitrogens is 1. The second-order valence-corrected chi connectivity index (χ2v) is 6.91. The number of nitrogens with one attached hydrogen (secondary N) is 2. The summed E-state index contributed by atoms with van der Waals surface area (Å²) in [5.74, 6) is 0.571. The molecule has 0 radical (unpaired) electrons. The second-order valence-electron chi connectivity index (χ2n) is 5.50. The van der Waals surface area contributed by atoms with Crippen molar-refractivity contribution in [3.8, 4) is 10.6 Å². The molecule has 4 heterocycles. The Morgan fingerprint density at radius 3 is 3.05 bits per heavy atom. The van der Waals surface area contributed by atoms with E-state index in [2.05, 4.69) is 15.6 Å². The van der Waals surface area contributed by atoms with Crippen molar-refractivity contribution in [2.24, 2.45) is 0 Å². The van der Waals surface area contributed by atoms with Crippen LogP contribution in [0.3, 0.4) is 0 Å². The van der Waals surface area contributed by atoms with Gasteiger partial charge in [-0.2, -0.15) is 0 Å². The van der Waals surface area contributed by atoms with Crippen molar-refractivity contribution in [3.05, 3.63) is 28.6 Å². The maximum atomic E-state index is 12.3. The number of hydrogen-bond acceptors (Lipinski definition) is 5. The molecular formula is C14H14ClN3O2S. The molecule has 4 rings (SSSR count). The highest BCUT2D eigenvalue weighted by Gasteiger charge is 2.39. The average molecular weight is 324 g/mol. The molecule has 2 fully saturated rings. The van der Waals surface area contributed by atoms with E-state index in [-0.39, 0.29) is 17.3 Å². The van der Waals surface area contributed by atoms with Gasteiger partial charge in [0.05, 0.1) is 16.0 Å². The number of rotatable bonds is 3. The van der Waals surface area contributed by atoms with Gasteiger partial charge in [-0.25, -0.2) is 4.98 Å². The number of nitrogens with zero attached hydrogens (tertiary/aromatic N) is 1. The Labute approximate surface area is 130 Å². The molecule has 2 aromatic heterocycles. The summed E-state index contributed by atoms with van der Waals surface area (Å²) in [6, 6.07) is 4.94. The molecule has 5 nitrogen and oxygen atoms in total. The first-order valence-electron chi connectivity index (χ1n) is 6.97. The lowest BCUT2D eigenvalue weighted by atomic mass is 9.95. The summed E-state index contributed by atoms with van der Waals surface area (Å²) < 4.78 is 5.26. The summed E-state index contributed by atoms with van der Waals surface area (Å²) in [6.07, 6.45) is 4.98. The first kappa shape index (κ1) is 13.3. The van der Waals surface area contributed by atoms with Gasteiger partial charge >= 0.3 is 0 Å². The van der Waals surface area contributed by atoms with Gasteiger partial charge in [-0.1, -0.05) is 0 Å². The van der Waals surface area contributed by atoms with Crippen molar-refractivity contribution in [1.29, 1.82) is 0 Å². The van der Waals surface area contributed by atoms with Gasteiger partial charge in [-0.05, 0) is 43.0 Å². The molecule has 7 heteroatoms. The average Bonchev–Trinajstić information content (AvgIpc) is 3.22.